The second-order valence-corrected chi connectivity index (χ2v) is 5.20. The third-order valence-electron chi connectivity index (χ3n) is 4.48. The van der Waals surface area contributed by atoms with Crippen molar-refractivity contribution in [1.82, 2.24) is 0 Å². The molecule has 0 saturated carbocycles. The molecule has 2 bridgehead atoms. The second-order valence-electron chi connectivity index (χ2n) is 5.20. The molecule has 0 amide bonds. The van der Waals surface area contributed by atoms with Gasteiger partial charge in [0.15, 0.2) is 0 Å². The molecule has 4 atom stereocenters. The predicted octanol–water partition coefficient (Wildman–Crippen LogP) is 2.24. The van der Waals surface area contributed by atoms with E-state index in [0.29, 0.717) is 0 Å². The molecule has 0 spiro atoms. The van der Waals surface area contributed by atoms with E-state index in [1.807, 2.05) is 0 Å². The predicted molar refractivity (Wildman–Crippen MR) is 60.6 cm³/mol. The third kappa shape index (κ3) is 1.56. The molecule has 2 fully saturated rings. The first kappa shape index (κ1) is 11.9. The molecule has 0 aromatic heterocycles. The Hall–Kier alpha value is -0.590. The van der Waals surface area contributed by atoms with E-state index in [1.165, 1.54) is 0 Å². The summed E-state index contributed by atoms with van der Waals surface area (Å²) in [5, 5.41) is 19.9. The average Bonchev–Trinajstić information content (AvgIpc) is 2.90. The molecule has 0 aromatic rings. The highest BCUT2D eigenvalue weighted by atomic mass is 16.5. The van der Waals surface area contributed by atoms with Gasteiger partial charge in [-0.2, -0.15) is 5.26 Å². The summed E-state index contributed by atoms with van der Waals surface area (Å²) in [5.74, 6) is 0.225. The highest BCUT2D eigenvalue weighted by Gasteiger charge is 2.57. The lowest BCUT2D eigenvalue weighted by Crippen LogP contribution is -2.45. The molecule has 90 valence electrons. The SMILES string of the molecule is CCC(CC)C(O)C1(C#N)CC2CCC1O2. The van der Waals surface area contributed by atoms with Gasteiger partial charge in [-0.3, -0.25) is 0 Å². The summed E-state index contributed by atoms with van der Waals surface area (Å²) in [6.45, 7) is 4.16. The van der Waals surface area contributed by atoms with Crippen molar-refractivity contribution < 1.29 is 9.84 Å². The Kier molecular flexibility index (Phi) is 3.23. The summed E-state index contributed by atoms with van der Waals surface area (Å²) in [6, 6.07) is 2.38. The second kappa shape index (κ2) is 4.35. The average molecular weight is 223 g/mol. The van der Waals surface area contributed by atoms with Gasteiger partial charge < -0.3 is 9.84 Å². The standard InChI is InChI=1S/C13H21NO2/c1-3-9(4-2)12(15)13(8-14)7-10-5-6-11(13)16-10/h9-12,15H,3-7H2,1-2H3. The quantitative estimate of drug-likeness (QED) is 0.795. The van der Waals surface area contributed by atoms with E-state index in [0.717, 1.165) is 32.1 Å². The molecule has 2 aliphatic heterocycles. The molecule has 2 aliphatic rings. The molecule has 2 rings (SSSR count). The maximum absolute atomic E-state index is 10.5. The number of rotatable bonds is 4. The zero-order valence-corrected chi connectivity index (χ0v) is 10.1. The lowest BCUT2D eigenvalue weighted by Gasteiger charge is -2.37. The van der Waals surface area contributed by atoms with Gasteiger partial charge in [0.1, 0.15) is 5.41 Å². The van der Waals surface area contributed by atoms with Crippen LogP contribution in [0.3, 0.4) is 0 Å². The maximum atomic E-state index is 10.5. The highest BCUT2D eigenvalue weighted by Crippen LogP contribution is 2.51. The van der Waals surface area contributed by atoms with Crippen LogP contribution in [0.1, 0.15) is 46.0 Å². The van der Waals surface area contributed by atoms with Crippen LogP contribution in [0, 0.1) is 22.7 Å². The minimum absolute atomic E-state index is 0.0295. The van der Waals surface area contributed by atoms with E-state index >= 15 is 0 Å². The summed E-state index contributed by atoms with van der Waals surface area (Å²) in [7, 11) is 0. The van der Waals surface area contributed by atoms with Gasteiger partial charge in [0, 0.05) is 0 Å². The van der Waals surface area contributed by atoms with Crippen LogP contribution in [0.5, 0.6) is 0 Å². The zero-order valence-electron chi connectivity index (χ0n) is 10.1. The van der Waals surface area contributed by atoms with Crippen LogP contribution in [-0.2, 0) is 4.74 Å². The smallest absolute Gasteiger partial charge is 0.112 e. The largest absolute Gasteiger partial charge is 0.391 e. The van der Waals surface area contributed by atoms with Crippen LogP contribution < -0.4 is 0 Å². The number of ether oxygens (including phenoxy) is 1. The molecule has 2 heterocycles. The molecule has 0 aromatic carbocycles. The van der Waals surface area contributed by atoms with Crippen molar-refractivity contribution in [1.29, 1.82) is 5.26 Å². The van der Waals surface area contributed by atoms with Gasteiger partial charge >= 0.3 is 0 Å². The Balaban J connectivity index is 2.19. The zero-order chi connectivity index (χ0) is 11.8. The molecular weight excluding hydrogens is 202 g/mol. The summed E-state index contributed by atoms with van der Waals surface area (Å²) in [6.07, 6.45) is 4.25. The Morgan fingerprint density at radius 2 is 2.12 bits per heavy atom. The molecule has 16 heavy (non-hydrogen) atoms. The van der Waals surface area contributed by atoms with Crippen molar-refractivity contribution in [2.75, 3.05) is 0 Å². The van der Waals surface area contributed by atoms with E-state index < -0.39 is 11.5 Å². The van der Waals surface area contributed by atoms with Gasteiger partial charge in [-0.15, -0.1) is 0 Å². The number of aliphatic hydroxyl groups excluding tert-OH is 1. The number of fused-ring (bicyclic) bond motifs is 2. The van der Waals surface area contributed by atoms with Crippen LogP contribution in [0.4, 0.5) is 0 Å². The highest BCUT2D eigenvalue weighted by molar-refractivity contribution is 5.16. The van der Waals surface area contributed by atoms with Crippen LogP contribution in [0.15, 0.2) is 0 Å². The van der Waals surface area contributed by atoms with Crippen molar-refractivity contribution in [2.24, 2.45) is 11.3 Å². The van der Waals surface area contributed by atoms with E-state index in [-0.39, 0.29) is 18.1 Å². The summed E-state index contributed by atoms with van der Waals surface area (Å²) >= 11 is 0. The van der Waals surface area contributed by atoms with Gasteiger partial charge in [-0.05, 0) is 25.2 Å². The van der Waals surface area contributed by atoms with Crippen molar-refractivity contribution >= 4 is 0 Å². The molecule has 1 N–H and O–H groups in total. The number of hydrogen-bond donors (Lipinski definition) is 1. The lowest BCUT2D eigenvalue weighted by atomic mass is 9.67. The number of aliphatic hydroxyl groups is 1. The summed E-state index contributed by atoms with van der Waals surface area (Å²) < 4.78 is 5.76. The van der Waals surface area contributed by atoms with E-state index in [2.05, 4.69) is 19.9 Å². The molecule has 0 radical (unpaired) electrons. The van der Waals surface area contributed by atoms with E-state index in [4.69, 9.17) is 4.74 Å². The minimum Gasteiger partial charge on any atom is -0.391 e. The van der Waals surface area contributed by atoms with E-state index in [9.17, 15) is 10.4 Å². The van der Waals surface area contributed by atoms with Crippen molar-refractivity contribution in [3.05, 3.63) is 0 Å². The van der Waals surface area contributed by atoms with Gasteiger partial charge in [0.2, 0.25) is 0 Å². The molecule has 3 nitrogen and oxygen atoms in total. The minimum atomic E-state index is -0.625. The Bertz CT molecular complexity index is 295. The van der Waals surface area contributed by atoms with Crippen molar-refractivity contribution in [2.45, 2.75) is 64.3 Å². The first-order valence-corrected chi connectivity index (χ1v) is 6.42. The molecule has 3 heteroatoms. The third-order valence-corrected chi connectivity index (χ3v) is 4.48. The lowest BCUT2D eigenvalue weighted by molar-refractivity contribution is -0.0298. The molecule has 2 saturated heterocycles. The fourth-order valence-corrected chi connectivity index (χ4v) is 3.39. The first-order chi connectivity index (χ1) is 7.67. The van der Waals surface area contributed by atoms with Crippen LogP contribution >= 0.6 is 0 Å². The summed E-state index contributed by atoms with van der Waals surface area (Å²) in [4.78, 5) is 0. The fourth-order valence-electron chi connectivity index (χ4n) is 3.39. The molecule has 4 unspecified atom stereocenters. The van der Waals surface area contributed by atoms with Gasteiger partial charge in [-0.25, -0.2) is 0 Å². The number of nitriles is 1. The number of nitrogens with zero attached hydrogens (tertiary/aromatic N) is 1. The Morgan fingerprint density at radius 3 is 2.50 bits per heavy atom. The van der Waals surface area contributed by atoms with Crippen LogP contribution in [0.2, 0.25) is 0 Å². The monoisotopic (exact) mass is 223 g/mol. The summed E-state index contributed by atoms with van der Waals surface area (Å²) in [5.41, 5.74) is -0.625. The van der Waals surface area contributed by atoms with Gasteiger partial charge in [-0.1, -0.05) is 26.7 Å². The van der Waals surface area contributed by atoms with Crippen molar-refractivity contribution in [3.8, 4) is 6.07 Å². The Labute approximate surface area is 97.4 Å². The fraction of sp³-hybridized carbons (Fsp3) is 0.923. The van der Waals surface area contributed by atoms with E-state index in [1.54, 1.807) is 0 Å². The molecular formula is C13H21NO2. The van der Waals surface area contributed by atoms with Gasteiger partial charge in [0.25, 0.3) is 0 Å². The number of hydrogen-bond acceptors (Lipinski definition) is 3. The normalized spacial score (nSPS) is 38.9. The van der Waals surface area contributed by atoms with Crippen molar-refractivity contribution in [3.63, 3.8) is 0 Å². The molecule has 0 aliphatic carbocycles. The topological polar surface area (TPSA) is 53.2 Å². The van der Waals surface area contributed by atoms with Crippen LogP contribution in [-0.4, -0.2) is 23.4 Å². The first-order valence-electron chi connectivity index (χ1n) is 6.42. The van der Waals surface area contributed by atoms with Gasteiger partial charge in [0.05, 0.1) is 24.4 Å². The Morgan fingerprint density at radius 1 is 1.44 bits per heavy atom. The van der Waals surface area contributed by atoms with Crippen LogP contribution in [0.25, 0.3) is 0 Å². The maximum Gasteiger partial charge on any atom is 0.112 e.